The first-order valence-corrected chi connectivity index (χ1v) is 20.3. The lowest BCUT2D eigenvalue weighted by Crippen LogP contribution is -2.22. The van der Waals surface area contributed by atoms with Crippen molar-refractivity contribution in [3.63, 3.8) is 0 Å². The monoisotopic (exact) mass is 780 g/mol. The predicted molar refractivity (Wildman–Crippen MR) is 221 cm³/mol. The summed E-state index contributed by atoms with van der Waals surface area (Å²) in [6.07, 6.45) is 0. The molecular formula is C40H28N8O6S2. The van der Waals surface area contributed by atoms with Gasteiger partial charge in [0.1, 0.15) is 11.3 Å². The van der Waals surface area contributed by atoms with Crippen LogP contribution in [0.3, 0.4) is 0 Å². The normalized spacial score (nSPS) is 13.5. The Kier molecular flexibility index (Phi) is 6.02. The minimum absolute atomic E-state index is 0.0266. The molecule has 16 heteroatoms. The fraction of sp³-hybridized carbons (Fsp3) is 0.100. The third-order valence-corrected chi connectivity index (χ3v) is 14.9. The van der Waals surface area contributed by atoms with Crippen molar-refractivity contribution in [2.24, 2.45) is 0 Å². The van der Waals surface area contributed by atoms with Gasteiger partial charge in [0.2, 0.25) is 20.0 Å². The summed E-state index contributed by atoms with van der Waals surface area (Å²) in [5.41, 5.74) is 14.4. The Balaban J connectivity index is 1.25. The summed E-state index contributed by atoms with van der Waals surface area (Å²) in [7, 11) is -1.93. The molecule has 14 nitrogen and oxygen atoms in total. The number of anilines is 2. The number of rotatable bonds is 4. The molecule has 0 saturated heterocycles. The zero-order valence-electron chi connectivity index (χ0n) is 30.0. The lowest BCUT2D eigenvalue weighted by Gasteiger charge is -2.18. The molecule has 4 N–H and O–H groups in total. The van der Waals surface area contributed by atoms with E-state index in [1.807, 2.05) is 36.4 Å². The van der Waals surface area contributed by atoms with Crippen LogP contribution in [0.1, 0.15) is 0 Å². The molecule has 4 aromatic heterocycles. The topological polar surface area (TPSA) is 196 Å². The van der Waals surface area contributed by atoms with Crippen LogP contribution in [-0.4, -0.2) is 72.4 Å². The van der Waals surface area contributed by atoms with Gasteiger partial charge >= 0.3 is 0 Å². The number of hydrogen-bond donors (Lipinski definition) is 2. The average Bonchev–Trinajstić information content (AvgIpc) is 3.76. The standard InChI is InChI=1S/C40H28N8O6S2/c1-45(2)55(51,52)17-13-27(41)35-29(15-17)43-37-23-9-5-19-22-8-12-26-34-24(10-6-20(32(22)34)21-7-11-25(33(23)31(19)21)39(49)47(35)37)38-44-30-16-18(56(53,54)46(3)4)14-28(42)36(30)48(38)40(26)50/h5-16H,41-42H2,1-4H3. The van der Waals surface area contributed by atoms with Gasteiger partial charge in [-0.3, -0.25) is 18.4 Å². The summed E-state index contributed by atoms with van der Waals surface area (Å²) in [5, 5.41) is 8.86. The molecule has 0 bridgehead atoms. The Hall–Kier alpha value is -6.46. The molecule has 11 rings (SSSR count). The first kappa shape index (κ1) is 32.9. The highest BCUT2D eigenvalue weighted by atomic mass is 32.2. The second-order valence-electron chi connectivity index (χ2n) is 14.6. The third kappa shape index (κ3) is 3.76. The molecule has 56 heavy (non-hydrogen) atoms. The number of hydrogen-bond acceptors (Lipinski definition) is 10. The molecule has 0 spiro atoms. The molecule has 4 heterocycles. The first-order chi connectivity index (χ1) is 26.6. The fourth-order valence-electron chi connectivity index (χ4n) is 8.76. The molecule has 0 unspecified atom stereocenters. The molecule has 0 aliphatic heterocycles. The van der Waals surface area contributed by atoms with Crippen molar-refractivity contribution in [1.82, 2.24) is 27.4 Å². The summed E-state index contributed by atoms with van der Waals surface area (Å²) in [4.78, 5) is 38.4. The van der Waals surface area contributed by atoms with E-state index in [-0.39, 0.29) is 43.3 Å². The van der Waals surface area contributed by atoms with Crippen molar-refractivity contribution in [3.8, 4) is 0 Å². The van der Waals surface area contributed by atoms with Gasteiger partial charge in [-0.25, -0.2) is 35.4 Å². The Bertz CT molecular complexity index is 3710. The Morgan fingerprint density at radius 1 is 0.482 bits per heavy atom. The van der Waals surface area contributed by atoms with Gasteiger partial charge < -0.3 is 11.5 Å². The molecule has 0 saturated carbocycles. The summed E-state index contributed by atoms with van der Waals surface area (Å²) in [6, 6.07) is 20.8. The average molecular weight is 781 g/mol. The molecule has 0 amide bonds. The van der Waals surface area contributed by atoms with Crippen LogP contribution in [0.25, 0.3) is 98.0 Å². The Morgan fingerprint density at radius 3 is 1.12 bits per heavy atom. The molecule has 11 aromatic rings. The van der Waals surface area contributed by atoms with Crippen LogP contribution in [0.4, 0.5) is 11.4 Å². The molecule has 276 valence electrons. The SMILES string of the molecule is CN(C)S(=O)(=O)c1cc(N)c2c(c1)nc1c3ccc4c5ccc6c(=O)n7c(nc8cc(S(=O)(=O)N(C)C)cc(N)c87)c7ccc(c8ccc(c(=O)n12)c3c84)c5c67. The lowest BCUT2D eigenvalue weighted by atomic mass is 9.86. The van der Waals surface area contributed by atoms with Crippen molar-refractivity contribution < 1.29 is 16.8 Å². The van der Waals surface area contributed by atoms with Gasteiger partial charge in [0.25, 0.3) is 11.1 Å². The van der Waals surface area contributed by atoms with Crippen LogP contribution in [0, 0.1) is 0 Å². The molecule has 7 aromatic carbocycles. The van der Waals surface area contributed by atoms with Gasteiger partial charge in [0.05, 0.1) is 43.2 Å². The first-order valence-electron chi connectivity index (χ1n) is 17.4. The number of fused-ring (bicyclic) bond motifs is 10. The minimum atomic E-state index is -3.83. The van der Waals surface area contributed by atoms with Gasteiger partial charge in [0.15, 0.2) is 0 Å². The summed E-state index contributed by atoms with van der Waals surface area (Å²) in [6.45, 7) is 0. The van der Waals surface area contributed by atoms with Crippen molar-refractivity contribution in [2.45, 2.75) is 9.79 Å². The second-order valence-corrected chi connectivity index (χ2v) is 18.9. The van der Waals surface area contributed by atoms with Crippen molar-refractivity contribution in [3.05, 3.63) is 93.5 Å². The number of nitrogens with two attached hydrogens (primary N) is 2. The fourth-order valence-corrected chi connectivity index (χ4v) is 10.7. The molecular weight excluding hydrogens is 753 g/mol. The van der Waals surface area contributed by atoms with E-state index in [0.29, 0.717) is 54.6 Å². The van der Waals surface area contributed by atoms with Gasteiger partial charge in [-0.05, 0) is 80.8 Å². The predicted octanol–water partition coefficient (Wildman–Crippen LogP) is 4.91. The van der Waals surface area contributed by atoms with Gasteiger partial charge in [-0.1, -0.05) is 24.3 Å². The number of imidazole rings is 2. The van der Waals surface area contributed by atoms with E-state index < -0.39 is 20.0 Å². The van der Waals surface area contributed by atoms with Crippen LogP contribution >= 0.6 is 0 Å². The van der Waals surface area contributed by atoms with Crippen LogP contribution in [0.15, 0.2) is 92.2 Å². The minimum Gasteiger partial charge on any atom is -0.397 e. The van der Waals surface area contributed by atoms with E-state index in [1.54, 1.807) is 12.1 Å². The number of nitrogens with zero attached hydrogens (tertiary/aromatic N) is 6. The zero-order chi connectivity index (χ0) is 39.1. The maximum Gasteiger partial charge on any atom is 0.264 e. The molecule has 0 radical (unpaired) electrons. The summed E-state index contributed by atoms with van der Waals surface area (Å²) < 4.78 is 57.3. The molecule has 0 atom stereocenters. The van der Waals surface area contributed by atoms with E-state index in [9.17, 15) is 26.4 Å². The van der Waals surface area contributed by atoms with Crippen LogP contribution in [0.5, 0.6) is 0 Å². The van der Waals surface area contributed by atoms with Gasteiger partial charge in [-0.15, -0.1) is 0 Å². The van der Waals surface area contributed by atoms with Crippen LogP contribution in [0.2, 0.25) is 0 Å². The van der Waals surface area contributed by atoms with E-state index >= 15 is 0 Å². The third-order valence-electron chi connectivity index (χ3n) is 11.3. The number of nitrogen functional groups attached to an aromatic ring is 2. The van der Waals surface area contributed by atoms with Crippen molar-refractivity contribution >= 4 is 129 Å². The van der Waals surface area contributed by atoms with Crippen LogP contribution in [-0.2, 0) is 20.0 Å². The summed E-state index contributed by atoms with van der Waals surface area (Å²) in [5.74, 6) is 0. The van der Waals surface area contributed by atoms with E-state index in [1.165, 1.54) is 61.3 Å². The van der Waals surface area contributed by atoms with Crippen LogP contribution < -0.4 is 22.6 Å². The van der Waals surface area contributed by atoms with E-state index in [2.05, 4.69) is 0 Å². The quantitative estimate of drug-likeness (QED) is 0.141. The molecule has 0 fully saturated rings. The number of pyridine rings is 2. The highest BCUT2D eigenvalue weighted by molar-refractivity contribution is 7.89. The Morgan fingerprint density at radius 2 is 0.786 bits per heavy atom. The smallest absolute Gasteiger partial charge is 0.264 e. The highest BCUT2D eigenvalue weighted by Gasteiger charge is 2.27. The van der Waals surface area contributed by atoms with E-state index in [0.717, 1.165) is 40.9 Å². The van der Waals surface area contributed by atoms with Gasteiger partial charge in [-0.2, -0.15) is 0 Å². The number of benzene rings is 7. The van der Waals surface area contributed by atoms with Crippen molar-refractivity contribution in [2.75, 3.05) is 39.7 Å². The zero-order valence-corrected chi connectivity index (χ0v) is 31.7. The maximum atomic E-state index is 14.4. The van der Waals surface area contributed by atoms with E-state index in [4.69, 9.17) is 21.4 Å². The highest BCUT2D eigenvalue weighted by Crippen LogP contribution is 2.46. The molecule has 0 aliphatic rings. The maximum absolute atomic E-state index is 14.4. The van der Waals surface area contributed by atoms with Gasteiger partial charge in [0, 0.05) is 60.5 Å². The largest absolute Gasteiger partial charge is 0.397 e. The number of sulfonamides is 2. The van der Waals surface area contributed by atoms with Crippen molar-refractivity contribution in [1.29, 1.82) is 0 Å². The Labute approximate surface area is 315 Å². The molecule has 0 aliphatic carbocycles. The second kappa shape index (κ2) is 10.2. The summed E-state index contributed by atoms with van der Waals surface area (Å²) >= 11 is 0. The lowest BCUT2D eigenvalue weighted by molar-refractivity contribution is 0.520. The number of aromatic nitrogens is 4.